The molecule has 2 aromatic heterocycles. The number of nitrogens with zero attached hydrogens (tertiary/aromatic N) is 2. The van der Waals surface area contributed by atoms with Crippen molar-refractivity contribution in [3.63, 3.8) is 0 Å². The molecule has 0 saturated heterocycles. The number of thiazole rings is 1. The van der Waals surface area contributed by atoms with E-state index in [4.69, 9.17) is 4.42 Å². The van der Waals surface area contributed by atoms with Gasteiger partial charge < -0.3 is 9.73 Å². The number of amides is 1. The number of aromatic nitrogens is 1. The molecule has 0 aliphatic carbocycles. The molecule has 0 saturated carbocycles. The van der Waals surface area contributed by atoms with Gasteiger partial charge in [0.2, 0.25) is 5.09 Å². The third-order valence-electron chi connectivity index (χ3n) is 3.46. The molecule has 0 aliphatic rings. The molecule has 2 heterocycles. The SMILES string of the molecule is Cc1cnc(C(C)(C)NC(=O)c2cc(S(=O)(=O)N(C)C)oc2C)s1. The zero-order valence-corrected chi connectivity index (χ0v) is 16.1. The lowest BCUT2D eigenvalue weighted by molar-refractivity contribution is 0.0910. The van der Waals surface area contributed by atoms with Crippen LogP contribution in [0.1, 0.15) is 39.9 Å². The third kappa shape index (κ3) is 3.52. The summed E-state index contributed by atoms with van der Waals surface area (Å²) in [5, 5.41) is 3.40. The van der Waals surface area contributed by atoms with Crippen LogP contribution in [-0.2, 0) is 15.6 Å². The van der Waals surface area contributed by atoms with E-state index in [1.807, 2.05) is 20.8 Å². The zero-order chi connectivity index (χ0) is 18.3. The van der Waals surface area contributed by atoms with Crippen molar-refractivity contribution in [1.29, 1.82) is 0 Å². The maximum atomic E-state index is 12.6. The Labute approximate surface area is 145 Å². The molecule has 2 rings (SSSR count). The number of hydrogen-bond donors (Lipinski definition) is 1. The van der Waals surface area contributed by atoms with Crippen LogP contribution >= 0.6 is 11.3 Å². The fraction of sp³-hybridized carbons (Fsp3) is 0.467. The molecule has 0 radical (unpaired) electrons. The average molecular weight is 371 g/mol. The van der Waals surface area contributed by atoms with Crippen LogP contribution < -0.4 is 5.32 Å². The van der Waals surface area contributed by atoms with Gasteiger partial charge in [0.05, 0.1) is 11.1 Å². The molecular weight excluding hydrogens is 350 g/mol. The van der Waals surface area contributed by atoms with Crippen LogP contribution in [0.3, 0.4) is 0 Å². The average Bonchev–Trinajstić information content (AvgIpc) is 3.05. The minimum absolute atomic E-state index is 0.191. The summed E-state index contributed by atoms with van der Waals surface area (Å²) in [7, 11) is -0.921. The Bertz CT molecular complexity index is 863. The van der Waals surface area contributed by atoms with Crippen LogP contribution in [0.2, 0.25) is 0 Å². The van der Waals surface area contributed by atoms with Gasteiger partial charge in [-0.25, -0.2) is 17.7 Å². The molecule has 0 bridgehead atoms. The van der Waals surface area contributed by atoms with Crippen LogP contribution in [0.5, 0.6) is 0 Å². The number of sulfonamides is 1. The Hall–Kier alpha value is -1.71. The number of aryl methyl sites for hydroxylation is 2. The first kappa shape index (κ1) is 18.6. The predicted octanol–water partition coefficient (Wildman–Crippen LogP) is 2.27. The van der Waals surface area contributed by atoms with Gasteiger partial charge in [0.1, 0.15) is 10.8 Å². The van der Waals surface area contributed by atoms with E-state index in [1.165, 1.54) is 31.5 Å². The van der Waals surface area contributed by atoms with E-state index in [1.54, 1.807) is 13.1 Å². The Morgan fingerprint density at radius 2 is 1.96 bits per heavy atom. The van der Waals surface area contributed by atoms with Gasteiger partial charge in [-0.3, -0.25) is 4.79 Å². The smallest absolute Gasteiger partial charge is 0.275 e. The van der Waals surface area contributed by atoms with Gasteiger partial charge in [-0.1, -0.05) is 0 Å². The summed E-state index contributed by atoms with van der Waals surface area (Å²) in [6, 6.07) is 1.25. The normalized spacial score (nSPS) is 12.6. The fourth-order valence-electron chi connectivity index (χ4n) is 2.04. The quantitative estimate of drug-likeness (QED) is 0.870. The molecule has 1 amide bonds. The summed E-state index contributed by atoms with van der Waals surface area (Å²) in [5.41, 5.74) is -0.489. The predicted molar refractivity (Wildman–Crippen MR) is 91.7 cm³/mol. The highest BCUT2D eigenvalue weighted by atomic mass is 32.2. The molecule has 0 fully saturated rings. The van der Waals surface area contributed by atoms with Crippen molar-refractivity contribution in [1.82, 2.24) is 14.6 Å². The molecule has 0 unspecified atom stereocenters. The molecule has 0 atom stereocenters. The number of hydrogen-bond acceptors (Lipinski definition) is 6. The van der Waals surface area contributed by atoms with E-state index in [0.29, 0.717) is 0 Å². The molecule has 1 N–H and O–H groups in total. The summed E-state index contributed by atoms with van der Waals surface area (Å²) in [6.07, 6.45) is 1.75. The number of carbonyl (C=O) groups excluding carboxylic acids is 1. The Kier molecular flexibility index (Phi) is 4.89. The topological polar surface area (TPSA) is 92.5 Å². The van der Waals surface area contributed by atoms with Crippen molar-refractivity contribution in [2.45, 2.75) is 38.3 Å². The lowest BCUT2D eigenvalue weighted by atomic mass is 10.1. The summed E-state index contributed by atoms with van der Waals surface area (Å²) in [6.45, 7) is 7.19. The van der Waals surface area contributed by atoms with Crippen LogP contribution in [-0.4, -0.2) is 37.7 Å². The van der Waals surface area contributed by atoms with Gasteiger partial charge in [-0.15, -0.1) is 11.3 Å². The number of nitrogens with one attached hydrogen (secondary N) is 1. The minimum Gasteiger partial charge on any atom is -0.448 e. The molecule has 24 heavy (non-hydrogen) atoms. The van der Waals surface area contributed by atoms with Gasteiger partial charge in [-0.2, -0.15) is 0 Å². The van der Waals surface area contributed by atoms with Crippen LogP contribution in [0.15, 0.2) is 21.8 Å². The molecule has 9 heteroatoms. The second kappa shape index (κ2) is 6.30. The molecule has 7 nitrogen and oxygen atoms in total. The van der Waals surface area contributed by atoms with E-state index < -0.39 is 21.5 Å². The summed E-state index contributed by atoms with van der Waals surface area (Å²) >= 11 is 1.50. The third-order valence-corrected chi connectivity index (χ3v) is 6.36. The maximum Gasteiger partial charge on any atom is 0.275 e. The zero-order valence-electron chi connectivity index (χ0n) is 14.5. The second-order valence-corrected chi connectivity index (χ2v) is 9.50. The van der Waals surface area contributed by atoms with Crippen LogP contribution in [0.25, 0.3) is 0 Å². The molecular formula is C15H21N3O4S2. The fourth-order valence-corrected chi connectivity index (χ4v) is 3.71. The van der Waals surface area contributed by atoms with Gasteiger partial charge >= 0.3 is 0 Å². The van der Waals surface area contributed by atoms with Crippen molar-refractivity contribution in [2.75, 3.05) is 14.1 Å². The first-order valence-corrected chi connectivity index (χ1v) is 9.49. The van der Waals surface area contributed by atoms with E-state index in [0.717, 1.165) is 14.2 Å². The molecule has 132 valence electrons. The van der Waals surface area contributed by atoms with Gasteiger partial charge in [-0.05, 0) is 27.7 Å². The van der Waals surface area contributed by atoms with E-state index in [2.05, 4.69) is 10.3 Å². The van der Waals surface area contributed by atoms with Gasteiger partial charge in [0.25, 0.3) is 15.9 Å². The lowest BCUT2D eigenvalue weighted by Crippen LogP contribution is -2.41. The first-order valence-electron chi connectivity index (χ1n) is 7.23. The summed E-state index contributed by atoms with van der Waals surface area (Å²) < 4.78 is 30.6. The highest BCUT2D eigenvalue weighted by Gasteiger charge is 2.30. The first-order chi connectivity index (χ1) is 10.9. The minimum atomic E-state index is -3.73. The Balaban J connectivity index is 2.29. The Morgan fingerprint density at radius 3 is 2.46 bits per heavy atom. The van der Waals surface area contributed by atoms with Crippen LogP contribution in [0.4, 0.5) is 0 Å². The van der Waals surface area contributed by atoms with Crippen molar-refractivity contribution in [2.24, 2.45) is 0 Å². The van der Waals surface area contributed by atoms with Crippen molar-refractivity contribution in [3.8, 4) is 0 Å². The summed E-state index contributed by atoms with van der Waals surface area (Å²) in [4.78, 5) is 17.9. The standard InChI is InChI=1S/C15H21N3O4S2/c1-9-8-16-14(23-9)15(3,4)17-13(19)11-7-12(22-10(11)2)24(20,21)18(5)6/h7-8H,1-6H3,(H,17,19). The van der Waals surface area contributed by atoms with E-state index >= 15 is 0 Å². The van der Waals surface area contributed by atoms with Gasteiger partial charge in [0.15, 0.2) is 0 Å². The molecule has 0 aromatic carbocycles. The van der Waals surface area contributed by atoms with Crippen molar-refractivity contribution >= 4 is 27.3 Å². The number of carbonyl (C=O) groups is 1. The van der Waals surface area contributed by atoms with Crippen molar-refractivity contribution < 1.29 is 17.6 Å². The molecule has 0 spiro atoms. The van der Waals surface area contributed by atoms with Gasteiger partial charge in [0, 0.05) is 31.2 Å². The Morgan fingerprint density at radius 1 is 1.33 bits per heavy atom. The highest BCUT2D eigenvalue weighted by Crippen LogP contribution is 2.27. The second-order valence-electron chi connectivity index (χ2n) is 6.18. The molecule has 2 aromatic rings. The monoisotopic (exact) mass is 371 g/mol. The van der Waals surface area contributed by atoms with Crippen molar-refractivity contribution in [3.05, 3.63) is 33.5 Å². The number of rotatable bonds is 5. The lowest BCUT2D eigenvalue weighted by Gasteiger charge is -2.23. The summed E-state index contributed by atoms with van der Waals surface area (Å²) in [5.74, 6) is -0.159. The largest absolute Gasteiger partial charge is 0.448 e. The highest BCUT2D eigenvalue weighted by molar-refractivity contribution is 7.88. The maximum absolute atomic E-state index is 12.6. The van der Waals surface area contributed by atoms with Crippen LogP contribution in [0, 0.1) is 13.8 Å². The molecule has 0 aliphatic heterocycles. The van der Waals surface area contributed by atoms with E-state index in [9.17, 15) is 13.2 Å². The van der Waals surface area contributed by atoms with E-state index in [-0.39, 0.29) is 16.4 Å². The number of furan rings is 1.